The SMILES string of the molecule is CC(CN1CCC(N2CCCCC2)C1)C1CNC1. The van der Waals surface area contributed by atoms with E-state index in [1.165, 1.54) is 71.5 Å². The number of nitrogens with one attached hydrogen (secondary N) is 1. The van der Waals surface area contributed by atoms with Crippen molar-refractivity contribution in [3.63, 3.8) is 0 Å². The summed E-state index contributed by atoms with van der Waals surface area (Å²) in [5.74, 6) is 1.82. The minimum absolute atomic E-state index is 0.872. The van der Waals surface area contributed by atoms with Crippen LogP contribution in [0.3, 0.4) is 0 Å². The van der Waals surface area contributed by atoms with Gasteiger partial charge in [-0.2, -0.15) is 0 Å². The Labute approximate surface area is 112 Å². The number of likely N-dealkylation sites (tertiary alicyclic amines) is 2. The van der Waals surface area contributed by atoms with Crippen LogP contribution in [0.5, 0.6) is 0 Å². The highest BCUT2D eigenvalue weighted by atomic mass is 15.3. The molecule has 3 fully saturated rings. The zero-order valence-electron chi connectivity index (χ0n) is 11.9. The monoisotopic (exact) mass is 251 g/mol. The molecule has 0 aromatic carbocycles. The molecule has 104 valence electrons. The van der Waals surface area contributed by atoms with Crippen molar-refractivity contribution in [2.45, 2.75) is 38.6 Å². The highest BCUT2D eigenvalue weighted by Gasteiger charge is 2.31. The smallest absolute Gasteiger partial charge is 0.0235 e. The van der Waals surface area contributed by atoms with Crippen molar-refractivity contribution in [3.05, 3.63) is 0 Å². The molecule has 0 amide bonds. The first kappa shape index (κ1) is 12.9. The van der Waals surface area contributed by atoms with E-state index in [1.807, 2.05) is 0 Å². The molecule has 0 aromatic heterocycles. The van der Waals surface area contributed by atoms with Crippen LogP contribution in [0.25, 0.3) is 0 Å². The van der Waals surface area contributed by atoms with Crippen LogP contribution in [0.15, 0.2) is 0 Å². The quantitative estimate of drug-likeness (QED) is 0.815. The Bertz CT molecular complexity index is 258. The van der Waals surface area contributed by atoms with Gasteiger partial charge in [0, 0.05) is 19.1 Å². The molecular weight excluding hydrogens is 222 g/mol. The Morgan fingerprint density at radius 2 is 1.89 bits per heavy atom. The molecule has 0 saturated carbocycles. The van der Waals surface area contributed by atoms with E-state index < -0.39 is 0 Å². The molecule has 1 N–H and O–H groups in total. The number of piperidine rings is 1. The van der Waals surface area contributed by atoms with Crippen molar-refractivity contribution in [1.82, 2.24) is 15.1 Å². The van der Waals surface area contributed by atoms with E-state index in [0.29, 0.717) is 0 Å². The van der Waals surface area contributed by atoms with Crippen molar-refractivity contribution >= 4 is 0 Å². The standard InChI is InChI=1S/C15H29N3/c1-13(14-9-16-10-14)11-17-8-5-15(12-17)18-6-3-2-4-7-18/h13-16H,2-12H2,1H3. The first-order valence-electron chi connectivity index (χ1n) is 8.00. The lowest BCUT2D eigenvalue weighted by molar-refractivity contribution is 0.147. The van der Waals surface area contributed by atoms with Gasteiger partial charge in [-0.25, -0.2) is 0 Å². The second kappa shape index (κ2) is 5.89. The molecular formula is C15H29N3. The van der Waals surface area contributed by atoms with Crippen molar-refractivity contribution < 1.29 is 0 Å². The van der Waals surface area contributed by atoms with Crippen molar-refractivity contribution in [2.24, 2.45) is 11.8 Å². The second-order valence-corrected chi connectivity index (χ2v) is 6.69. The fraction of sp³-hybridized carbons (Fsp3) is 1.00. The zero-order valence-corrected chi connectivity index (χ0v) is 11.9. The predicted molar refractivity (Wildman–Crippen MR) is 75.8 cm³/mol. The lowest BCUT2D eigenvalue weighted by atomic mass is 9.88. The minimum atomic E-state index is 0.872. The van der Waals surface area contributed by atoms with Crippen LogP contribution in [0, 0.1) is 11.8 Å². The van der Waals surface area contributed by atoms with Crippen molar-refractivity contribution in [3.8, 4) is 0 Å². The fourth-order valence-electron chi connectivity index (χ4n) is 3.83. The molecule has 3 saturated heterocycles. The molecule has 2 unspecified atom stereocenters. The van der Waals surface area contributed by atoms with Crippen LogP contribution >= 0.6 is 0 Å². The van der Waals surface area contributed by atoms with Crippen LogP contribution in [0.1, 0.15) is 32.6 Å². The average molecular weight is 251 g/mol. The molecule has 0 bridgehead atoms. The van der Waals surface area contributed by atoms with E-state index in [0.717, 1.165) is 17.9 Å². The van der Waals surface area contributed by atoms with Crippen LogP contribution in [0.4, 0.5) is 0 Å². The minimum Gasteiger partial charge on any atom is -0.316 e. The molecule has 3 aliphatic rings. The third-order valence-corrected chi connectivity index (χ3v) is 5.32. The Morgan fingerprint density at radius 3 is 2.56 bits per heavy atom. The van der Waals surface area contributed by atoms with Crippen LogP contribution < -0.4 is 5.32 Å². The number of rotatable bonds is 4. The number of hydrogen-bond donors (Lipinski definition) is 1. The average Bonchev–Trinajstić information content (AvgIpc) is 2.76. The first-order chi connectivity index (χ1) is 8.83. The van der Waals surface area contributed by atoms with E-state index in [4.69, 9.17) is 0 Å². The predicted octanol–water partition coefficient (Wildman–Crippen LogP) is 1.40. The van der Waals surface area contributed by atoms with E-state index in [9.17, 15) is 0 Å². The van der Waals surface area contributed by atoms with Gasteiger partial charge in [0.25, 0.3) is 0 Å². The normalized spacial score (nSPS) is 33.5. The Hall–Kier alpha value is -0.120. The van der Waals surface area contributed by atoms with E-state index in [-0.39, 0.29) is 0 Å². The van der Waals surface area contributed by atoms with Gasteiger partial charge < -0.3 is 10.2 Å². The summed E-state index contributed by atoms with van der Waals surface area (Å²) in [7, 11) is 0. The molecule has 2 atom stereocenters. The second-order valence-electron chi connectivity index (χ2n) is 6.69. The summed E-state index contributed by atoms with van der Waals surface area (Å²) >= 11 is 0. The van der Waals surface area contributed by atoms with E-state index >= 15 is 0 Å². The molecule has 3 rings (SSSR count). The summed E-state index contributed by atoms with van der Waals surface area (Å²) in [5.41, 5.74) is 0. The summed E-state index contributed by atoms with van der Waals surface area (Å²) < 4.78 is 0. The summed E-state index contributed by atoms with van der Waals surface area (Å²) in [6.45, 7) is 11.7. The summed E-state index contributed by atoms with van der Waals surface area (Å²) in [4.78, 5) is 5.49. The molecule has 3 nitrogen and oxygen atoms in total. The Morgan fingerprint density at radius 1 is 1.11 bits per heavy atom. The van der Waals surface area contributed by atoms with Gasteiger partial charge in [-0.1, -0.05) is 13.3 Å². The van der Waals surface area contributed by atoms with Crippen molar-refractivity contribution in [2.75, 3.05) is 45.8 Å². The maximum atomic E-state index is 3.40. The van der Waals surface area contributed by atoms with Gasteiger partial charge in [0.2, 0.25) is 0 Å². The van der Waals surface area contributed by atoms with E-state index in [1.54, 1.807) is 0 Å². The molecule has 0 aliphatic carbocycles. The van der Waals surface area contributed by atoms with Gasteiger partial charge in [-0.15, -0.1) is 0 Å². The molecule has 3 heteroatoms. The topological polar surface area (TPSA) is 18.5 Å². The largest absolute Gasteiger partial charge is 0.316 e. The highest BCUT2D eigenvalue weighted by Crippen LogP contribution is 2.23. The summed E-state index contributed by atoms with van der Waals surface area (Å²) in [6.07, 6.45) is 5.73. The van der Waals surface area contributed by atoms with E-state index in [2.05, 4.69) is 22.0 Å². The third kappa shape index (κ3) is 2.89. The van der Waals surface area contributed by atoms with Gasteiger partial charge in [-0.3, -0.25) is 4.90 Å². The first-order valence-corrected chi connectivity index (χ1v) is 8.00. The third-order valence-electron chi connectivity index (χ3n) is 5.32. The summed E-state index contributed by atoms with van der Waals surface area (Å²) in [5, 5.41) is 3.40. The molecule has 3 aliphatic heterocycles. The van der Waals surface area contributed by atoms with Crippen LogP contribution in [0.2, 0.25) is 0 Å². The lowest BCUT2D eigenvalue weighted by Crippen LogP contribution is -2.48. The van der Waals surface area contributed by atoms with Gasteiger partial charge in [0.05, 0.1) is 0 Å². The molecule has 0 aromatic rings. The highest BCUT2D eigenvalue weighted by molar-refractivity contribution is 4.87. The molecule has 3 heterocycles. The van der Waals surface area contributed by atoms with Gasteiger partial charge >= 0.3 is 0 Å². The van der Waals surface area contributed by atoms with Crippen molar-refractivity contribution in [1.29, 1.82) is 0 Å². The molecule has 18 heavy (non-hydrogen) atoms. The van der Waals surface area contributed by atoms with Crippen LogP contribution in [-0.2, 0) is 0 Å². The Kier molecular flexibility index (Phi) is 4.22. The maximum Gasteiger partial charge on any atom is 0.0235 e. The molecule has 0 spiro atoms. The van der Waals surface area contributed by atoms with Crippen LogP contribution in [-0.4, -0.2) is 61.7 Å². The zero-order chi connectivity index (χ0) is 12.4. The van der Waals surface area contributed by atoms with Gasteiger partial charge in [0.1, 0.15) is 0 Å². The Balaban J connectivity index is 1.42. The molecule has 0 radical (unpaired) electrons. The lowest BCUT2D eigenvalue weighted by Gasteiger charge is -2.35. The van der Waals surface area contributed by atoms with Gasteiger partial charge in [-0.05, 0) is 63.8 Å². The fourth-order valence-corrected chi connectivity index (χ4v) is 3.83. The van der Waals surface area contributed by atoms with Gasteiger partial charge in [0.15, 0.2) is 0 Å². The number of hydrogen-bond acceptors (Lipinski definition) is 3. The summed E-state index contributed by atoms with van der Waals surface area (Å²) in [6, 6.07) is 0.872. The maximum absolute atomic E-state index is 3.40. The number of nitrogens with zero attached hydrogens (tertiary/aromatic N) is 2.